The first kappa shape index (κ1) is 16.3. The highest BCUT2D eigenvalue weighted by molar-refractivity contribution is 5.95. The van der Waals surface area contributed by atoms with Crippen LogP contribution in [0.5, 0.6) is 5.75 Å². The number of carbonyl (C=O) groups excluding carboxylic acids is 1. The van der Waals surface area contributed by atoms with Gasteiger partial charge in [-0.05, 0) is 12.1 Å². The number of ether oxygens (including phenoxy) is 1. The number of anilines is 5. The van der Waals surface area contributed by atoms with Gasteiger partial charge in [0.2, 0.25) is 5.95 Å². The molecule has 0 unspecified atom stereocenters. The SMILES string of the molecule is CNc1cc(Nc2ncccn2)c(NC)c(NC)c1OC(C)=O. The van der Waals surface area contributed by atoms with Gasteiger partial charge in [-0.15, -0.1) is 0 Å². The van der Waals surface area contributed by atoms with E-state index in [0.29, 0.717) is 23.1 Å². The molecule has 0 amide bonds. The number of nitrogens with one attached hydrogen (secondary N) is 4. The van der Waals surface area contributed by atoms with Crippen LogP contribution < -0.4 is 26.0 Å². The zero-order valence-electron chi connectivity index (χ0n) is 13.5. The van der Waals surface area contributed by atoms with Crippen LogP contribution in [0.15, 0.2) is 24.5 Å². The molecule has 8 nitrogen and oxygen atoms in total. The highest BCUT2D eigenvalue weighted by Crippen LogP contribution is 2.45. The van der Waals surface area contributed by atoms with Gasteiger partial charge in [-0.25, -0.2) is 9.97 Å². The van der Waals surface area contributed by atoms with Gasteiger partial charge < -0.3 is 26.0 Å². The van der Waals surface area contributed by atoms with Crippen molar-refractivity contribution in [1.29, 1.82) is 0 Å². The second kappa shape index (κ2) is 7.30. The Morgan fingerprint density at radius 2 is 1.65 bits per heavy atom. The fourth-order valence-corrected chi connectivity index (χ4v) is 2.18. The van der Waals surface area contributed by atoms with Crippen molar-refractivity contribution in [1.82, 2.24) is 9.97 Å². The predicted molar refractivity (Wildman–Crippen MR) is 91.7 cm³/mol. The molecule has 0 aliphatic carbocycles. The van der Waals surface area contributed by atoms with Crippen LogP contribution in [0.1, 0.15) is 6.92 Å². The van der Waals surface area contributed by atoms with Crippen molar-refractivity contribution in [3.63, 3.8) is 0 Å². The van der Waals surface area contributed by atoms with E-state index >= 15 is 0 Å². The lowest BCUT2D eigenvalue weighted by atomic mass is 10.1. The molecule has 1 aromatic heterocycles. The minimum atomic E-state index is -0.396. The van der Waals surface area contributed by atoms with Gasteiger partial charge in [0.25, 0.3) is 0 Å². The lowest BCUT2D eigenvalue weighted by Gasteiger charge is -2.21. The Bertz CT molecular complexity index is 690. The number of benzene rings is 1. The Morgan fingerprint density at radius 1 is 1.00 bits per heavy atom. The van der Waals surface area contributed by atoms with Gasteiger partial charge in [0.05, 0.1) is 17.1 Å². The van der Waals surface area contributed by atoms with Crippen molar-refractivity contribution in [3.05, 3.63) is 24.5 Å². The fraction of sp³-hybridized carbons (Fsp3) is 0.267. The first-order valence-electron chi connectivity index (χ1n) is 7.07. The van der Waals surface area contributed by atoms with Crippen LogP contribution in [0.3, 0.4) is 0 Å². The maximum atomic E-state index is 11.4. The van der Waals surface area contributed by atoms with E-state index in [4.69, 9.17) is 4.74 Å². The summed E-state index contributed by atoms with van der Waals surface area (Å²) in [6.45, 7) is 1.36. The zero-order valence-corrected chi connectivity index (χ0v) is 13.5. The first-order valence-corrected chi connectivity index (χ1v) is 7.07. The van der Waals surface area contributed by atoms with Crippen molar-refractivity contribution in [2.24, 2.45) is 0 Å². The molecule has 122 valence electrons. The maximum Gasteiger partial charge on any atom is 0.308 e. The number of hydrogen-bond donors (Lipinski definition) is 4. The quantitative estimate of drug-likeness (QED) is 0.476. The summed E-state index contributed by atoms with van der Waals surface area (Å²) in [5.74, 6) is 0.492. The van der Waals surface area contributed by atoms with Crippen LogP contribution in [0, 0.1) is 0 Å². The third kappa shape index (κ3) is 3.60. The third-order valence-electron chi connectivity index (χ3n) is 3.11. The van der Waals surface area contributed by atoms with Gasteiger partial charge >= 0.3 is 5.97 Å². The van der Waals surface area contributed by atoms with Crippen LogP contribution in [0.4, 0.5) is 28.7 Å². The Hall–Kier alpha value is -3.03. The number of rotatable bonds is 6. The number of hydrogen-bond acceptors (Lipinski definition) is 8. The van der Waals surface area contributed by atoms with Crippen molar-refractivity contribution < 1.29 is 9.53 Å². The second-order valence-electron chi connectivity index (χ2n) is 4.59. The van der Waals surface area contributed by atoms with E-state index < -0.39 is 5.97 Å². The average Bonchev–Trinajstić information content (AvgIpc) is 2.55. The van der Waals surface area contributed by atoms with Gasteiger partial charge in [-0.1, -0.05) is 0 Å². The molecule has 1 aromatic carbocycles. The Labute approximate surface area is 134 Å². The summed E-state index contributed by atoms with van der Waals surface area (Å²) in [5, 5.41) is 12.3. The molecule has 8 heteroatoms. The summed E-state index contributed by atoms with van der Waals surface area (Å²) in [4.78, 5) is 19.7. The Balaban J connectivity index is 2.56. The van der Waals surface area contributed by atoms with E-state index in [2.05, 4.69) is 31.2 Å². The van der Waals surface area contributed by atoms with Crippen LogP contribution in [0.25, 0.3) is 0 Å². The summed E-state index contributed by atoms with van der Waals surface area (Å²) in [7, 11) is 5.29. The maximum absolute atomic E-state index is 11.4. The summed E-state index contributed by atoms with van der Waals surface area (Å²) in [6, 6.07) is 3.56. The smallest absolute Gasteiger partial charge is 0.308 e. The van der Waals surface area contributed by atoms with Crippen LogP contribution in [-0.4, -0.2) is 37.1 Å². The fourth-order valence-electron chi connectivity index (χ4n) is 2.18. The molecule has 0 fully saturated rings. The normalized spacial score (nSPS) is 9.91. The third-order valence-corrected chi connectivity index (χ3v) is 3.11. The van der Waals surface area contributed by atoms with Crippen LogP contribution >= 0.6 is 0 Å². The highest BCUT2D eigenvalue weighted by Gasteiger charge is 2.19. The predicted octanol–water partition coefficient (Wildman–Crippen LogP) is 2.27. The van der Waals surface area contributed by atoms with E-state index in [1.807, 2.05) is 6.07 Å². The van der Waals surface area contributed by atoms with E-state index in [0.717, 1.165) is 11.4 Å². The number of carbonyl (C=O) groups is 1. The van der Waals surface area contributed by atoms with E-state index in [9.17, 15) is 4.79 Å². The summed E-state index contributed by atoms with van der Waals surface area (Å²) in [5.41, 5.74) is 2.77. The molecule has 1 heterocycles. The lowest BCUT2D eigenvalue weighted by Crippen LogP contribution is -2.10. The molecular weight excluding hydrogens is 296 g/mol. The second-order valence-corrected chi connectivity index (χ2v) is 4.59. The van der Waals surface area contributed by atoms with Crippen molar-refractivity contribution >= 4 is 34.7 Å². The monoisotopic (exact) mass is 316 g/mol. The van der Waals surface area contributed by atoms with Crippen molar-refractivity contribution in [3.8, 4) is 5.75 Å². The first-order chi connectivity index (χ1) is 11.1. The minimum absolute atomic E-state index is 0.396. The largest absolute Gasteiger partial charge is 0.422 e. The average molecular weight is 316 g/mol. The minimum Gasteiger partial charge on any atom is -0.422 e. The molecule has 0 radical (unpaired) electrons. The van der Waals surface area contributed by atoms with Crippen LogP contribution in [-0.2, 0) is 4.79 Å². The number of esters is 1. The van der Waals surface area contributed by atoms with Gasteiger partial charge in [0.1, 0.15) is 5.69 Å². The van der Waals surface area contributed by atoms with Crippen LogP contribution in [0.2, 0.25) is 0 Å². The molecule has 2 rings (SSSR count). The molecule has 0 saturated carbocycles. The summed E-state index contributed by atoms with van der Waals surface area (Å²) in [6.07, 6.45) is 3.30. The summed E-state index contributed by atoms with van der Waals surface area (Å²) >= 11 is 0. The highest BCUT2D eigenvalue weighted by atomic mass is 16.5. The standard InChI is InChI=1S/C15H20N6O2/c1-9(22)23-14-11(16-2)8-10(12(17-3)13(14)18-4)21-15-19-6-5-7-20-15/h5-8,16-18H,1-4H3,(H,19,20,21). The molecule has 0 aliphatic rings. The van der Waals surface area contributed by atoms with E-state index in [1.165, 1.54) is 6.92 Å². The number of aromatic nitrogens is 2. The molecule has 23 heavy (non-hydrogen) atoms. The topological polar surface area (TPSA) is 100 Å². The molecule has 2 aromatic rings. The van der Waals surface area contributed by atoms with Gasteiger partial charge in [0.15, 0.2) is 5.75 Å². The van der Waals surface area contributed by atoms with E-state index in [-0.39, 0.29) is 0 Å². The van der Waals surface area contributed by atoms with Gasteiger partial charge in [-0.3, -0.25) is 4.79 Å². The number of nitrogens with zero attached hydrogens (tertiary/aromatic N) is 2. The van der Waals surface area contributed by atoms with Gasteiger partial charge in [-0.2, -0.15) is 0 Å². The van der Waals surface area contributed by atoms with Gasteiger partial charge in [0, 0.05) is 40.5 Å². The molecule has 0 spiro atoms. The summed E-state index contributed by atoms with van der Waals surface area (Å²) < 4.78 is 5.34. The van der Waals surface area contributed by atoms with E-state index in [1.54, 1.807) is 39.6 Å². The molecule has 0 aliphatic heterocycles. The Morgan fingerprint density at radius 3 is 2.17 bits per heavy atom. The lowest BCUT2D eigenvalue weighted by molar-refractivity contribution is -0.131. The Kier molecular flexibility index (Phi) is 5.19. The molecular formula is C15H20N6O2. The molecule has 0 saturated heterocycles. The molecule has 0 bridgehead atoms. The van der Waals surface area contributed by atoms with Crippen molar-refractivity contribution in [2.75, 3.05) is 42.4 Å². The molecule has 0 atom stereocenters. The van der Waals surface area contributed by atoms with Crippen molar-refractivity contribution in [2.45, 2.75) is 6.92 Å². The molecule has 4 N–H and O–H groups in total. The zero-order chi connectivity index (χ0) is 16.8.